The Morgan fingerprint density at radius 2 is 1.25 bits per heavy atom. The molecule has 3 aromatic rings. The molecule has 0 unspecified atom stereocenters. The normalized spacial score (nSPS) is 11.4. The first-order valence-corrected chi connectivity index (χ1v) is 11.4. The van der Waals surface area contributed by atoms with Crippen molar-refractivity contribution in [1.82, 2.24) is 0 Å². The zero-order valence-corrected chi connectivity index (χ0v) is 19.3. The molecule has 8 heteroatoms. The van der Waals surface area contributed by atoms with Crippen LogP contribution in [0.1, 0.15) is 50.2 Å². The summed E-state index contributed by atoms with van der Waals surface area (Å²) < 4.78 is 110. The summed E-state index contributed by atoms with van der Waals surface area (Å²) in [6.45, 7) is 2.11. The van der Waals surface area contributed by atoms with Gasteiger partial charge >= 0.3 is 6.18 Å². The van der Waals surface area contributed by atoms with Crippen LogP contribution in [0, 0.1) is 40.9 Å². The predicted octanol–water partition coefficient (Wildman–Crippen LogP) is 9.14. The molecule has 0 radical (unpaired) electrons. The maximum Gasteiger partial charge on any atom is 0.458 e. The first kappa shape index (κ1) is 27.3. The van der Waals surface area contributed by atoms with E-state index in [0.717, 1.165) is 55.7 Å². The van der Waals surface area contributed by atoms with Gasteiger partial charge in [0.15, 0.2) is 0 Å². The van der Waals surface area contributed by atoms with Crippen molar-refractivity contribution in [3.05, 3.63) is 82.7 Å². The number of rotatable bonds is 8. The van der Waals surface area contributed by atoms with E-state index in [1.165, 1.54) is 18.1 Å². The van der Waals surface area contributed by atoms with Crippen LogP contribution in [0.15, 0.2) is 42.5 Å². The quantitative estimate of drug-likeness (QED) is 0.161. The molecule has 0 aromatic heterocycles. The smallest absolute Gasteiger partial charge is 0.206 e. The lowest BCUT2D eigenvalue weighted by molar-refractivity contribution is -0.0696. The highest BCUT2D eigenvalue weighted by atomic mass is 19.4. The van der Waals surface area contributed by atoms with Crippen LogP contribution in [0.3, 0.4) is 0 Å². The summed E-state index contributed by atoms with van der Waals surface area (Å²) in [6.07, 6.45) is 0.948. The van der Waals surface area contributed by atoms with Crippen LogP contribution in [-0.2, 0) is 6.42 Å². The van der Waals surface area contributed by atoms with Crippen molar-refractivity contribution in [2.45, 2.75) is 51.6 Å². The highest BCUT2D eigenvalue weighted by Gasteiger charge is 2.24. The van der Waals surface area contributed by atoms with E-state index in [1.807, 2.05) is 0 Å². The molecule has 3 rings (SSSR count). The van der Waals surface area contributed by atoms with Gasteiger partial charge in [-0.25, -0.2) is 22.0 Å². The van der Waals surface area contributed by atoms with Crippen molar-refractivity contribution in [3.63, 3.8) is 0 Å². The Balaban J connectivity index is 1.88. The van der Waals surface area contributed by atoms with E-state index < -0.39 is 52.0 Å². The number of aryl methyl sites for hydroxylation is 1. The highest BCUT2D eigenvalue weighted by molar-refractivity contribution is 5.73. The topological polar surface area (TPSA) is 0 Å². The van der Waals surface area contributed by atoms with Gasteiger partial charge < -0.3 is 0 Å². The van der Waals surface area contributed by atoms with Gasteiger partial charge in [0.05, 0.1) is 11.1 Å². The fraction of sp³-hybridized carbons (Fsp3) is 0.286. The van der Waals surface area contributed by atoms with E-state index in [-0.39, 0.29) is 11.1 Å². The van der Waals surface area contributed by atoms with Gasteiger partial charge in [0, 0.05) is 11.5 Å². The fourth-order valence-electron chi connectivity index (χ4n) is 3.86. The van der Waals surface area contributed by atoms with Crippen LogP contribution >= 0.6 is 0 Å². The van der Waals surface area contributed by atoms with Gasteiger partial charge in [0.1, 0.15) is 29.1 Å². The summed E-state index contributed by atoms with van der Waals surface area (Å²) >= 11 is 0. The zero-order valence-electron chi connectivity index (χ0n) is 19.3. The SMILES string of the molecule is CCCCCCCc1ccc(-c2cc(F)c(-c3cc(F)c(C#CC(F)(F)F)c(F)c3)c(F)c2)c(F)c1. The summed E-state index contributed by atoms with van der Waals surface area (Å²) in [7, 11) is 0. The Labute approximate surface area is 204 Å². The van der Waals surface area contributed by atoms with Crippen LogP contribution < -0.4 is 0 Å². The van der Waals surface area contributed by atoms with Gasteiger partial charge in [-0.1, -0.05) is 50.7 Å². The molecule has 0 saturated carbocycles. The van der Waals surface area contributed by atoms with Crippen LogP contribution in [0.4, 0.5) is 35.1 Å². The van der Waals surface area contributed by atoms with Crippen LogP contribution in [0.2, 0.25) is 0 Å². The average molecular weight is 510 g/mol. The van der Waals surface area contributed by atoms with Crippen molar-refractivity contribution < 1.29 is 35.1 Å². The van der Waals surface area contributed by atoms with E-state index in [1.54, 1.807) is 6.07 Å². The molecule has 3 aromatic carbocycles. The second kappa shape index (κ2) is 11.6. The third-order valence-electron chi connectivity index (χ3n) is 5.62. The van der Waals surface area contributed by atoms with E-state index in [4.69, 9.17) is 0 Å². The Hall–Kier alpha value is -3.34. The highest BCUT2D eigenvalue weighted by Crippen LogP contribution is 2.34. The molecule has 0 bridgehead atoms. The lowest BCUT2D eigenvalue weighted by atomic mass is 9.96. The van der Waals surface area contributed by atoms with Crippen molar-refractivity contribution >= 4 is 0 Å². The lowest BCUT2D eigenvalue weighted by Gasteiger charge is -2.11. The van der Waals surface area contributed by atoms with Crippen molar-refractivity contribution in [1.29, 1.82) is 0 Å². The van der Waals surface area contributed by atoms with Gasteiger partial charge in [-0.05, 0) is 59.9 Å². The molecular formula is C28H22F8. The minimum Gasteiger partial charge on any atom is -0.206 e. The average Bonchev–Trinajstić information content (AvgIpc) is 2.77. The Morgan fingerprint density at radius 1 is 0.667 bits per heavy atom. The lowest BCUT2D eigenvalue weighted by Crippen LogP contribution is -2.03. The predicted molar refractivity (Wildman–Crippen MR) is 123 cm³/mol. The molecule has 0 nitrogen and oxygen atoms in total. The standard InChI is InChI=1S/C28H22F8/c1-2-3-4-5-6-7-17-8-9-20(22(29)12-17)18-13-25(32)27(26(33)14-18)19-15-23(30)21(24(31)16-19)10-11-28(34,35)36/h8-9,12-16H,2-7H2,1H3. The first-order chi connectivity index (χ1) is 17.0. The maximum atomic E-state index is 14.8. The van der Waals surface area contributed by atoms with E-state index in [2.05, 4.69) is 6.92 Å². The molecule has 0 atom stereocenters. The van der Waals surface area contributed by atoms with Gasteiger partial charge in [0.2, 0.25) is 0 Å². The van der Waals surface area contributed by atoms with Crippen molar-refractivity contribution in [2.24, 2.45) is 0 Å². The van der Waals surface area contributed by atoms with E-state index >= 15 is 0 Å². The molecule has 36 heavy (non-hydrogen) atoms. The van der Waals surface area contributed by atoms with Gasteiger partial charge in [-0.2, -0.15) is 13.2 Å². The number of hydrogen-bond donors (Lipinski definition) is 0. The molecule has 0 heterocycles. The second-order valence-electron chi connectivity index (χ2n) is 8.36. The Bertz CT molecular complexity index is 1250. The number of hydrogen-bond acceptors (Lipinski definition) is 0. The third kappa shape index (κ3) is 6.87. The number of alkyl halides is 3. The second-order valence-corrected chi connectivity index (χ2v) is 8.36. The van der Waals surface area contributed by atoms with Crippen LogP contribution in [0.25, 0.3) is 22.3 Å². The summed E-state index contributed by atoms with van der Waals surface area (Å²) in [6, 6.07) is 7.03. The first-order valence-electron chi connectivity index (χ1n) is 11.4. The third-order valence-corrected chi connectivity index (χ3v) is 5.62. The largest absolute Gasteiger partial charge is 0.458 e. The molecule has 0 amide bonds. The summed E-state index contributed by atoms with van der Waals surface area (Å²) in [5, 5.41) is 0. The minimum absolute atomic E-state index is 0.0517. The molecule has 0 fully saturated rings. The van der Waals surface area contributed by atoms with Gasteiger partial charge in [-0.3, -0.25) is 0 Å². The van der Waals surface area contributed by atoms with Crippen LogP contribution in [-0.4, -0.2) is 6.18 Å². The Kier molecular flexibility index (Phi) is 8.78. The molecule has 190 valence electrons. The number of halogens is 8. The summed E-state index contributed by atoms with van der Waals surface area (Å²) in [5.74, 6) is -4.06. The van der Waals surface area contributed by atoms with Crippen LogP contribution in [0.5, 0.6) is 0 Å². The van der Waals surface area contributed by atoms with E-state index in [9.17, 15) is 35.1 Å². The molecule has 0 aliphatic rings. The maximum absolute atomic E-state index is 14.8. The molecular weight excluding hydrogens is 488 g/mol. The summed E-state index contributed by atoms with van der Waals surface area (Å²) in [4.78, 5) is 0. The van der Waals surface area contributed by atoms with E-state index in [0.29, 0.717) is 18.6 Å². The van der Waals surface area contributed by atoms with Crippen molar-refractivity contribution in [2.75, 3.05) is 0 Å². The Morgan fingerprint density at radius 3 is 1.81 bits per heavy atom. The zero-order chi connectivity index (χ0) is 26.5. The van der Waals surface area contributed by atoms with Gasteiger partial charge in [-0.15, -0.1) is 0 Å². The number of benzene rings is 3. The fourth-order valence-corrected chi connectivity index (χ4v) is 3.86. The number of unbranched alkanes of at least 4 members (excludes halogenated alkanes) is 4. The van der Waals surface area contributed by atoms with Gasteiger partial charge in [0.25, 0.3) is 0 Å². The monoisotopic (exact) mass is 510 g/mol. The molecule has 0 saturated heterocycles. The van der Waals surface area contributed by atoms with Crippen molar-refractivity contribution in [3.8, 4) is 34.1 Å². The molecule has 0 N–H and O–H groups in total. The molecule has 0 spiro atoms. The summed E-state index contributed by atoms with van der Waals surface area (Å²) in [5.41, 5.74) is -1.98. The molecule has 0 aliphatic carbocycles. The molecule has 0 aliphatic heterocycles. The minimum atomic E-state index is -4.98.